The molecule has 1 aliphatic heterocycles. The van der Waals surface area contributed by atoms with Gasteiger partial charge in [0.2, 0.25) is 5.91 Å². The smallest absolute Gasteiger partial charge is 0.243 e. The van der Waals surface area contributed by atoms with Gasteiger partial charge in [-0.1, -0.05) is 23.7 Å². The van der Waals surface area contributed by atoms with Crippen LogP contribution in [-0.2, 0) is 16.0 Å². The van der Waals surface area contributed by atoms with Crippen LogP contribution in [0, 0.1) is 0 Å². The normalized spacial score (nSPS) is 17.0. The van der Waals surface area contributed by atoms with E-state index in [1.54, 1.807) is 14.1 Å². The van der Waals surface area contributed by atoms with Crippen LogP contribution in [0.1, 0.15) is 24.8 Å². The Bertz CT molecular complexity index is 607. The van der Waals surface area contributed by atoms with Crippen LogP contribution in [0.3, 0.4) is 0 Å². The van der Waals surface area contributed by atoms with Gasteiger partial charge in [-0.3, -0.25) is 4.79 Å². The SMILES string of the molecule is CN(C)C(=O)CN=C(NCCc1cccc(Cl)c1)NCC1CCCCO1.I. The van der Waals surface area contributed by atoms with Gasteiger partial charge in [-0.05, 0) is 43.4 Å². The first-order valence-electron chi connectivity index (χ1n) is 9.13. The summed E-state index contributed by atoms with van der Waals surface area (Å²) in [5.74, 6) is 0.603. The minimum absolute atomic E-state index is 0. The summed E-state index contributed by atoms with van der Waals surface area (Å²) in [7, 11) is 3.46. The monoisotopic (exact) mass is 508 g/mol. The maximum Gasteiger partial charge on any atom is 0.243 e. The van der Waals surface area contributed by atoms with Crippen LogP contribution in [0.15, 0.2) is 29.3 Å². The Morgan fingerprint density at radius 1 is 1.33 bits per heavy atom. The predicted molar refractivity (Wildman–Crippen MR) is 121 cm³/mol. The topological polar surface area (TPSA) is 66.0 Å². The van der Waals surface area contributed by atoms with E-state index >= 15 is 0 Å². The molecule has 2 rings (SSSR count). The molecule has 1 heterocycles. The Hall–Kier alpha value is -1.06. The number of nitrogens with one attached hydrogen (secondary N) is 2. The zero-order valence-corrected chi connectivity index (χ0v) is 19.1. The molecular weight excluding hydrogens is 479 g/mol. The quantitative estimate of drug-likeness (QED) is 0.338. The zero-order valence-electron chi connectivity index (χ0n) is 16.0. The van der Waals surface area contributed by atoms with E-state index in [2.05, 4.69) is 15.6 Å². The van der Waals surface area contributed by atoms with E-state index in [4.69, 9.17) is 16.3 Å². The van der Waals surface area contributed by atoms with Crippen LogP contribution in [0.25, 0.3) is 0 Å². The van der Waals surface area contributed by atoms with Gasteiger partial charge in [0, 0.05) is 38.8 Å². The van der Waals surface area contributed by atoms with Crippen molar-refractivity contribution in [3.05, 3.63) is 34.9 Å². The third kappa shape index (κ3) is 9.62. The third-order valence-corrected chi connectivity index (χ3v) is 4.47. The Balaban J connectivity index is 0.00000364. The molecule has 152 valence electrons. The van der Waals surface area contributed by atoms with E-state index in [0.717, 1.165) is 36.5 Å². The van der Waals surface area contributed by atoms with Crippen molar-refractivity contribution in [3.8, 4) is 0 Å². The molecule has 1 fully saturated rings. The molecule has 1 aliphatic rings. The van der Waals surface area contributed by atoms with Crippen molar-refractivity contribution in [3.63, 3.8) is 0 Å². The highest BCUT2D eigenvalue weighted by molar-refractivity contribution is 14.0. The van der Waals surface area contributed by atoms with Crippen LogP contribution >= 0.6 is 35.6 Å². The number of guanidine groups is 1. The summed E-state index contributed by atoms with van der Waals surface area (Å²) >= 11 is 6.02. The van der Waals surface area contributed by atoms with Crippen molar-refractivity contribution < 1.29 is 9.53 Å². The highest BCUT2D eigenvalue weighted by Crippen LogP contribution is 2.12. The lowest BCUT2D eigenvalue weighted by Gasteiger charge is -2.24. The molecule has 1 atom stereocenters. The second kappa shape index (κ2) is 13.2. The largest absolute Gasteiger partial charge is 0.376 e. The van der Waals surface area contributed by atoms with Gasteiger partial charge < -0.3 is 20.3 Å². The van der Waals surface area contributed by atoms with Crippen molar-refractivity contribution in [1.29, 1.82) is 0 Å². The van der Waals surface area contributed by atoms with Gasteiger partial charge in [-0.25, -0.2) is 4.99 Å². The van der Waals surface area contributed by atoms with Crippen LogP contribution in [0.2, 0.25) is 5.02 Å². The molecule has 1 aromatic carbocycles. The number of likely N-dealkylation sites (N-methyl/N-ethyl adjacent to an activating group) is 1. The number of hydrogen-bond acceptors (Lipinski definition) is 3. The number of halogens is 2. The lowest BCUT2D eigenvalue weighted by atomic mass is 10.1. The van der Waals surface area contributed by atoms with E-state index < -0.39 is 0 Å². The second-order valence-corrected chi connectivity index (χ2v) is 7.07. The van der Waals surface area contributed by atoms with Crippen LogP contribution in [0.4, 0.5) is 0 Å². The lowest BCUT2D eigenvalue weighted by Crippen LogP contribution is -2.43. The third-order valence-electron chi connectivity index (χ3n) is 4.24. The summed E-state index contributed by atoms with van der Waals surface area (Å²) in [6.07, 6.45) is 4.41. The molecule has 0 spiro atoms. The summed E-state index contributed by atoms with van der Waals surface area (Å²) in [5, 5.41) is 7.33. The summed E-state index contributed by atoms with van der Waals surface area (Å²) in [6.45, 7) is 2.33. The Kier molecular flexibility index (Phi) is 11.7. The van der Waals surface area contributed by atoms with E-state index in [0.29, 0.717) is 19.0 Å². The molecule has 2 N–H and O–H groups in total. The van der Waals surface area contributed by atoms with E-state index in [1.165, 1.54) is 11.3 Å². The number of amides is 1. The van der Waals surface area contributed by atoms with Gasteiger partial charge in [-0.2, -0.15) is 0 Å². The molecule has 1 saturated heterocycles. The van der Waals surface area contributed by atoms with Gasteiger partial charge in [0.15, 0.2) is 5.96 Å². The average Bonchev–Trinajstić information content (AvgIpc) is 2.64. The molecule has 1 amide bonds. The predicted octanol–water partition coefficient (Wildman–Crippen LogP) is 2.69. The summed E-state index contributed by atoms with van der Waals surface area (Å²) in [6, 6.07) is 7.81. The van der Waals surface area contributed by atoms with Gasteiger partial charge in [0.25, 0.3) is 0 Å². The molecule has 27 heavy (non-hydrogen) atoms. The second-order valence-electron chi connectivity index (χ2n) is 6.63. The Labute approximate surface area is 184 Å². The van der Waals surface area contributed by atoms with E-state index in [-0.39, 0.29) is 42.5 Å². The van der Waals surface area contributed by atoms with Crippen molar-refractivity contribution in [2.24, 2.45) is 4.99 Å². The molecule has 0 bridgehead atoms. The van der Waals surface area contributed by atoms with Crippen LogP contribution < -0.4 is 10.6 Å². The number of carbonyl (C=O) groups excluding carboxylic acids is 1. The highest BCUT2D eigenvalue weighted by atomic mass is 127. The molecule has 0 saturated carbocycles. The van der Waals surface area contributed by atoms with Crippen LogP contribution in [-0.4, -0.2) is 63.2 Å². The number of nitrogens with zero attached hydrogens (tertiary/aromatic N) is 2. The zero-order chi connectivity index (χ0) is 18.8. The van der Waals surface area contributed by atoms with Crippen molar-refractivity contribution in [2.75, 3.05) is 40.3 Å². The maximum atomic E-state index is 11.8. The summed E-state index contributed by atoms with van der Waals surface area (Å²) in [4.78, 5) is 17.7. The van der Waals surface area contributed by atoms with Crippen LogP contribution in [0.5, 0.6) is 0 Å². The average molecular weight is 509 g/mol. The van der Waals surface area contributed by atoms with Crippen molar-refractivity contribution in [2.45, 2.75) is 31.8 Å². The first kappa shape index (κ1) is 24.0. The summed E-state index contributed by atoms with van der Waals surface area (Å²) < 4.78 is 5.74. The number of hydrogen-bond donors (Lipinski definition) is 2. The minimum Gasteiger partial charge on any atom is -0.376 e. The number of rotatable bonds is 7. The molecule has 1 aromatic rings. The molecule has 0 radical (unpaired) electrons. The number of carbonyl (C=O) groups is 1. The highest BCUT2D eigenvalue weighted by Gasteiger charge is 2.14. The van der Waals surface area contributed by atoms with E-state index in [1.807, 2.05) is 24.3 Å². The fourth-order valence-corrected chi connectivity index (χ4v) is 2.87. The molecule has 1 unspecified atom stereocenters. The fourth-order valence-electron chi connectivity index (χ4n) is 2.66. The molecule has 8 heteroatoms. The number of benzene rings is 1. The minimum atomic E-state index is -0.0325. The summed E-state index contributed by atoms with van der Waals surface area (Å²) in [5.41, 5.74) is 1.16. The molecular formula is C19H30ClIN4O2. The first-order chi connectivity index (χ1) is 12.5. The molecule has 0 aromatic heterocycles. The van der Waals surface area contributed by atoms with Crippen molar-refractivity contribution in [1.82, 2.24) is 15.5 Å². The Morgan fingerprint density at radius 3 is 2.81 bits per heavy atom. The van der Waals surface area contributed by atoms with Gasteiger partial charge in [0.1, 0.15) is 6.54 Å². The van der Waals surface area contributed by atoms with Gasteiger partial charge >= 0.3 is 0 Å². The van der Waals surface area contributed by atoms with Gasteiger partial charge in [-0.15, -0.1) is 24.0 Å². The lowest BCUT2D eigenvalue weighted by molar-refractivity contribution is -0.127. The first-order valence-corrected chi connectivity index (χ1v) is 9.51. The van der Waals surface area contributed by atoms with Gasteiger partial charge in [0.05, 0.1) is 6.10 Å². The molecule has 6 nitrogen and oxygen atoms in total. The number of ether oxygens (including phenoxy) is 1. The fraction of sp³-hybridized carbons (Fsp3) is 0.579. The standard InChI is InChI=1S/C19H29ClN4O2.HI/c1-24(2)18(25)14-23-19(22-13-17-8-3-4-11-26-17)21-10-9-15-6-5-7-16(20)12-15;/h5-7,12,17H,3-4,8-11,13-14H2,1-2H3,(H2,21,22,23);1H. The Morgan fingerprint density at radius 2 is 2.15 bits per heavy atom. The maximum absolute atomic E-state index is 11.8. The van der Waals surface area contributed by atoms with E-state index in [9.17, 15) is 4.79 Å². The molecule has 0 aliphatic carbocycles. The number of aliphatic imine (C=N–C) groups is 1. The van der Waals surface area contributed by atoms with Crippen molar-refractivity contribution >= 4 is 47.4 Å².